The monoisotopic (exact) mass is 663 g/mol. The Balaban J connectivity index is 1.31. The third-order valence-electron chi connectivity index (χ3n) is 9.77. The second-order valence-corrected chi connectivity index (χ2v) is 17.3. The maximum absolute atomic E-state index is 16.2. The number of likely N-dealkylation sites (tertiary alicyclic amines) is 1. The lowest BCUT2D eigenvalue weighted by Crippen LogP contribution is -2.45. The molecule has 3 heterocycles. The summed E-state index contributed by atoms with van der Waals surface area (Å²) in [4.78, 5) is 44.3. The van der Waals surface area contributed by atoms with Crippen LogP contribution < -0.4 is 10.2 Å². The van der Waals surface area contributed by atoms with Gasteiger partial charge in [-0.3, -0.25) is 14.4 Å². The first kappa shape index (κ1) is 32.4. The molecule has 0 bridgehead atoms. The summed E-state index contributed by atoms with van der Waals surface area (Å²) in [5.41, 5.74) is 0.909. The van der Waals surface area contributed by atoms with Crippen molar-refractivity contribution in [3.05, 3.63) is 94.5 Å². The lowest BCUT2D eigenvalue weighted by atomic mass is 9.82. The standard InChI is InChI=1S/C35H39ClFN3O5Si/c1-22-32(46(2,3)37)30(19-31(42)39-16-8-13-27(39)21-41)45-35(22)28-18-25(36)14-15-29(28)40(34(35)44)20-23-9-7-12-26(17-23)38-33(43)24-10-5-4-6-11-24/h4-7,9-12,14-15,17-18,22,27,30,32,41H,8,13,16,19-21H2,1-3H3,(H,38,43)/t22-,27-,30+,32-,35+/m0/s1. The fraction of sp³-hybridized carbons (Fsp3) is 0.400. The molecule has 0 saturated carbocycles. The molecule has 3 aliphatic rings. The summed E-state index contributed by atoms with van der Waals surface area (Å²) in [6, 6.07) is 21.2. The Hall–Kier alpha value is -3.57. The van der Waals surface area contributed by atoms with E-state index in [0.717, 1.165) is 18.4 Å². The summed E-state index contributed by atoms with van der Waals surface area (Å²) in [6.07, 6.45) is 0.630. The van der Waals surface area contributed by atoms with Crippen LogP contribution in [0.25, 0.3) is 0 Å². The van der Waals surface area contributed by atoms with Gasteiger partial charge in [0.05, 0.1) is 37.4 Å². The van der Waals surface area contributed by atoms with Crippen molar-refractivity contribution in [2.24, 2.45) is 5.92 Å². The van der Waals surface area contributed by atoms with Crippen LogP contribution in [-0.4, -0.2) is 61.4 Å². The number of ether oxygens (including phenoxy) is 1. The number of amides is 3. The topological polar surface area (TPSA) is 99.2 Å². The Morgan fingerprint density at radius 1 is 1.11 bits per heavy atom. The van der Waals surface area contributed by atoms with Crippen molar-refractivity contribution in [3.63, 3.8) is 0 Å². The van der Waals surface area contributed by atoms with E-state index in [1.54, 1.807) is 71.4 Å². The average Bonchev–Trinajstić information content (AvgIpc) is 3.68. The van der Waals surface area contributed by atoms with Crippen molar-refractivity contribution in [1.29, 1.82) is 0 Å². The second kappa shape index (κ2) is 12.6. The maximum Gasteiger partial charge on any atom is 0.264 e. The van der Waals surface area contributed by atoms with Gasteiger partial charge < -0.3 is 29.1 Å². The molecule has 2 N–H and O–H groups in total. The minimum absolute atomic E-state index is 0.0695. The van der Waals surface area contributed by atoms with Crippen molar-refractivity contribution in [1.82, 2.24) is 4.90 Å². The predicted molar refractivity (Wildman–Crippen MR) is 178 cm³/mol. The molecule has 0 radical (unpaired) electrons. The Kier molecular flexibility index (Phi) is 8.84. The number of anilines is 2. The highest BCUT2D eigenvalue weighted by molar-refractivity contribution is 6.72. The molecule has 11 heteroatoms. The number of carbonyl (C=O) groups excluding carboxylic acids is 3. The smallest absolute Gasteiger partial charge is 0.264 e. The first-order chi connectivity index (χ1) is 21.9. The molecule has 1 spiro atoms. The number of benzene rings is 3. The number of aliphatic hydroxyl groups is 1. The molecule has 3 amide bonds. The zero-order valence-electron chi connectivity index (χ0n) is 26.2. The van der Waals surface area contributed by atoms with Gasteiger partial charge in [-0.25, -0.2) is 0 Å². The third kappa shape index (κ3) is 5.76. The van der Waals surface area contributed by atoms with Crippen molar-refractivity contribution >= 4 is 49.1 Å². The van der Waals surface area contributed by atoms with E-state index in [-0.39, 0.29) is 43.3 Å². The molecule has 0 unspecified atom stereocenters. The fourth-order valence-corrected chi connectivity index (χ4v) is 10.4. The number of aliphatic hydroxyl groups excluding tert-OH is 1. The second-order valence-electron chi connectivity index (χ2n) is 13.1. The molecule has 0 aliphatic carbocycles. The number of hydrogen-bond acceptors (Lipinski definition) is 5. The van der Waals surface area contributed by atoms with Gasteiger partial charge >= 0.3 is 0 Å². The normalized spacial score (nSPS) is 25.7. The van der Waals surface area contributed by atoms with Crippen LogP contribution in [0.1, 0.15) is 47.7 Å². The van der Waals surface area contributed by atoms with Gasteiger partial charge in [-0.2, -0.15) is 0 Å². The van der Waals surface area contributed by atoms with Crippen LogP contribution >= 0.6 is 11.6 Å². The van der Waals surface area contributed by atoms with Crippen molar-refractivity contribution < 1.29 is 28.3 Å². The molecule has 3 aliphatic heterocycles. The quantitative estimate of drug-likeness (QED) is 0.218. The summed E-state index contributed by atoms with van der Waals surface area (Å²) in [6.45, 7) is 5.64. The van der Waals surface area contributed by atoms with Gasteiger partial charge in [-0.15, -0.1) is 0 Å². The lowest BCUT2D eigenvalue weighted by molar-refractivity contribution is -0.150. The number of nitrogens with one attached hydrogen (secondary N) is 1. The van der Waals surface area contributed by atoms with Crippen LogP contribution in [-0.2, 0) is 26.5 Å². The molecule has 0 aromatic heterocycles. The molecular weight excluding hydrogens is 625 g/mol. The van der Waals surface area contributed by atoms with Crippen LogP contribution in [0.3, 0.4) is 0 Å². The molecule has 2 fully saturated rings. The summed E-state index contributed by atoms with van der Waals surface area (Å²) in [5, 5.41) is 13.1. The van der Waals surface area contributed by atoms with Crippen molar-refractivity contribution in [3.8, 4) is 0 Å². The predicted octanol–water partition coefficient (Wildman–Crippen LogP) is 6.29. The number of fused-ring (bicyclic) bond motifs is 2. The highest BCUT2D eigenvalue weighted by Gasteiger charge is 2.67. The number of carbonyl (C=O) groups is 3. The molecule has 2 saturated heterocycles. The summed E-state index contributed by atoms with van der Waals surface area (Å²) in [5.74, 6) is -1.35. The van der Waals surface area contributed by atoms with E-state index < -0.39 is 31.6 Å². The van der Waals surface area contributed by atoms with Gasteiger partial charge in [0, 0.05) is 39.8 Å². The van der Waals surface area contributed by atoms with Crippen LogP contribution in [0.15, 0.2) is 72.8 Å². The number of rotatable bonds is 8. The van der Waals surface area contributed by atoms with Gasteiger partial charge in [-0.1, -0.05) is 48.9 Å². The Morgan fingerprint density at radius 3 is 2.59 bits per heavy atom. The number of hydrogen-bond donors (Lipinski definition) is 2. The molecule has 3 aromatic rings. The van der Waals surface area contributed by atoms with Crippen molar-refractivity contribution in [2.75, 3.05) is 23.4 Å². The zero-order chi connectivity index (χ0) is 32.8. The van der Waals surface area contributed by atoms with Gasteiger partial charge in [0.15, 0.2) is 5.60 Å². The molecule has 5 atom stereocenters. The first-order valence-electron chi connectivity index (χ1n) is 15.8. The van der Waals surface area contributed by atoms with Gasteiger partial charge in [0.2, 0.25) is 14.3 Å². The Bertz CT molecular complexity index is 1650. The van der Waals surface area contributed by atoms with E-state index in [9.17, 15) is 19.5 Å². The third-order valence-corrected chi connectivity index (χ3v) is 12.5. The van der Waals surface area contributed by atoms with E-state index in [4.69, 9.17) is 16.3 Å². The average molecular weight is 664 g/mol. The lowest BCUT2D eigenvalue weighted by Gasteiger charge is -2.31. The highest BCUT2D eigenvalue weighted by atomic mass is 35.5. The van der Waals surface area contributed by atoms with E-state index in [1.807, 2.05) is 31.2 Å². The fourth-order valence-electron chi connectivity index (χ4n) is 7.74. The van der Waals surface area contributed by atoms with Gasteiger partial charge in [0.25, 0.3) is 11.8 Å². The van der Waals surface area contributed by atoms with Crippen LogP contribution in [0.2, 0.25) is 23.7 Å². The number of halogens is 2. The summed E-state index contributed by atoms with van der Waals surface area (Å²) < 4.78 is 22.9. The molecule has 46 heavy (non-hydrogen) atoms. The molecule has 242 valence electrons. The maximum atomic E-state index is 16.2. The Morgan fingerprint density at radius 2 is 1.87 bits per heavy atom. The van der Waals surface area contributed by atoms with E-state index in [0.29, 0.717) is 34.1 Å². The highest BCUT2D eigenvalue weighted by Crippen LogP contribution is 2.60. The molecule has 8 nitrogen and oxygen atoms in total. The van der Waals surface area contributed by atoms with E-state index >= 15 is 4.11 Å². The summed E-state index contributed by atoms with van der Waals surface area (Å²) in [7, 11) is -3.48. The van der Waals surface area contributed by atoms with Gasteiger partial charge in [-0.05, 0) is 74.0 Å². The summed E-state index contributed by atoms with van der Waals surface area (Å²) >= 11 is 6.50. The SMILES string of the molecule is C[C@H]1[C@H]([Si](C)(C)F)[C@@H](CC(=O)N2CCC[C@H]2CO)O[C@]12C(=O)N(Cc1cccc(NC(=O)c3ccccc3)c1)c1ccc(Cl)cc12. The molecular formula is C35H39ClFN3O5Si. The molecule has 3 aromatic carbocycles. The van der Waals surface area contributed by atoms with Crippen LogP contribution in [0.5, 0.6) is 0 Å². The largest absolute Gasteiger partial charge is 0.394 e. The zero-order valence-corrected chi connectivity index (χ0v) is 28.0. The Labute approximate surface area is 274 Å². The van der Waals surface area contributed by atoms with Crippen LogP contribution in [0, 0.1) is 5.92 Å². The van der Waals surface area contributed by atoms with Gasteiger partial charge in [0.1, 0.15) is 0 Å². The minimum Gasteiger partial charge on any atom is -0.394 e. The van der Waals surface area contributed by atoms with Crippen molar-refractivity contribution in [2.45, 2.75) is 69.1 Å². The van der Waals surface area contributed by atoms with E-state index in [2.05, 4.69) is 5.32 Å². The molecule has 6 rings (SSSR count). The first-order valence-corrected chi connectivity index (χ1v) is 19.1. The minimum atomic E-state index is -3.48. The van der Waals surface area contributed by atoms with E-state index in [1.165, 1.54) is 0 Å². The van der Waals surface area contributed by atoms with Crippen LogP contribution in [0.4, 0.5) is 15.5 Å². The number of nitrogens with zero attached hydrogens (tertiary/aromatic N) is 2.